The van der Waals surface area contributed by atoms with Crippen LogP contribution in [0.4, 0.5) is 0 Å². The normalized spacial score (nSPS) is 12.0. The number of unbranched alkanes of at least 4 members (excludes halogenated alkanes) is 7. The number of hydrogen-bond donors (Lipinski definition) is 0. The molecule has 0 aromatic heterocycles. The van der Waals surface area contributed by atoms with Crippen molar-refractivity contribution in [2.75, 3.05) is 32.1 Å². The van der Waals surface area contributed by atoms with Crippen molar-refractivity contribution in [1.29, 1.82) is 0 Å². The van der Waals surface area contributed by atoms with Gasteiger partial charge in [0.25, 0.3) is 0 Å². The maximum absolute atomic E-state index is 6.00. The first kappa shape index (κ1) is 21.2. The molecule has 0 atom stereocenters. The molecule has 0 aromatic carbocycles. The molecule has 0 amide bonds. The van der Waals surface area contributed by atoms with E-state index >= 15 is 0 Å². The molecule has 0 heterocycles. The summed E-state index contributed by atoms with van der Waals surface area (Å²) in [7, 11) is 0. The lowest BCUT2D eigenvalue weighted by Crippen LogP contribution is -2.51. The van der Waals surface area contributed by atoms with Crippen LogP contribution in [0.15, 0.2) is 0 Å². The summed E-state index contributed by atoms with van der Waals surface area (Å²) in [6.45, 7) is 12.4. The third-order valence-electron chi connectivity index (χ3n) is 4.72. The minimum atomic E-state index is 0.829. The van der Waals surface area contributed by atoms with Crippen LogP contribution in [0.3, 0.4) is 0 Å². The maximum Gasteiger partial charge on any atom is 0.0798 e. The van der Waals surface area contributed by atoms with Crippen LogP contribution in [0.5, 0.6) is 0 Å². The molecule has 0 aromatic rings. The van der Waals surface area contributed by atoms with E-state index in [1.54, 1.807) is 0 Å². The Morgan fingerprint density at radius 2 is 0.952 bits per heavy atom. The summed E-state index contributed by atoms with van der Waals surface area (Å²) in [5.74, 6) is 0.829. The van der Waals surface area contributed by atoms with Gasteiger partial charge in [0.2, 0.25) is 0 Å². The Balaban J connectivity index is 4.43. The van der Waals surface area contributed by atoms with Gasteiger partial charge in [-0.2, -0.15) is 0 Å². The van der Waals surface area contributed by atoms with Crippen molar-refractivity contribution in [3.05, 3.63) is 0 Å². The van der Waals surface area contributed by atoms with E-state index in [2.05, 4.69) is 20.8 Å². The lowest BCUT2D eigenvalue weighted by molar-refractivity contribution is -0.928. The van der Waals surface area contributed by atoms with Crippen molar-refractivity contribution in [2.24, 2.45) is 0 Å². The summed E-state index contributed by atoms with van der Waals surface area (Å²) >= 11 is 6.00. The molecule has 128 valence electrons. The van der Waals surface area contributed by atoms with Crippen molar-refractivity contribution in [3.63, 3.8) is 0 Å². The highest BCUT2D eigenvalue weighted by atomic mass is 35.5. The van der Waals surface area contributed by atoms with Gasteiger partial charge in [0.15, 0.2) is 0 Å². The van der Waals surface area contributed by atoms with E-state index in [0.717, 1.165) is 5.88 Å². The van der Waals surface area contributed by atoms with Gasteiger partial charge in [-0.25, -0.2) is 0 Å². The number of halogens is 1. The molecule has 0 N–H and O–H groups in total. The predicted octanol–water partition coefficient (Wildman–Crippen LogP) is 6.39. The van der Waals surface area contributed by atoms with Crippen LogP contribution < -0.4 is 0 Å². The highest BCUT2D eigenvalue weighted by Crippen LogP contribution is 2.17. The molecular formula is C19H41ClN+. The zero-order valence-corrected chi connectivity index (χ0v) is 15.9. The number of hydrogen-bond acceptors (Lipinski definition) is 0. The fraction of sp³-hybridized carbons (Fsp3) is 1.00. The Kier molecular flexibility index (Phi) is 15.3. The van der Waals surface area contributed by atoms with Crippen molar-refractivity contribution in [2.45, 2.75) is 91.4 Å². The molecule has 0 saturated carbocycles. The average Bonchev–Trinajstić information content (AvgIpc) is 2.51. The van der Waals surface area contributed by atoms with E-state index in [9.17, 15) is 0 Å². The van der Waals surface area contributed by atoms with Gasteiger partial charge in [-0.1, -0.05) is 52.9 Å². The standard InChI is InChI=1S/C19H41ClN/c1-4-7-10-12-17-21(16-9-6-3,19-14-15-20)18-13-11-8-5-2/h4-19H2,1-3H3/q+1. The second kappa shape index (κ2) is 15.2. The van der Waals surface area contributed by atoms with Crippen molar-refractivity contribution in [1.82, 2.24) is 0 Å². The molecule has 0 rings (SSSR count). The van der Waals surface area contributed by atoms with Crippen LogP contribution in [0, 0.1) is 0 Å². The molecule has 0 aliphatic rings. The van der Waals surface area contributed by atoms with Crippen molar-refractivity contribution in [3.8, 4) is 0 Å². The first-order valence-corrected chi connectivity index (χ1v) is 10.2. The van der Waals surface area contributed by atoms with Gasteiger partial charge < -0.3 is 4.48 Å². The minimum absolute atomic E-state index is 0.829. The Hall–Kier alpha value is 0.250. The number of quaternary nitrogens is 1. The van der Waals surface area contributed by atoms with Gasteiger partial charge in [0.05, 0.1) is 26.2 Å². The van der Waals surface area contributed by atoms with E-state index < -0.39 is 0 Å². The van der Waals surface area contributed by atoms with E-state index in [-0.39, 0.29) is 0 Å². The highest BCUT2D eigenvalue weighted by molar-refractivity contribution is 6.17. The monoisotopic (exact) mass is 318 g/mol. The van der Waals surface area contributed by atoms with E-state index in [1.807, 2.05) is 0 Å². The first-order chi connectivity index (χ1) is 10.2. The van der Waals surface area contributed by atoms with Crippen LogP contribution >= 0.6 is 11.6 Å². The molecule has 2 heteroatoms. The maximum atomic E-state index is 6.00. The highest BCUT2D eigenvalue weighted by Gasteiger charge is 2.25. The molecule has 0 spiro atoms. The molecule has 0 saturated heterocycles. The third kappa shape index (κ3) is 11.5. The SMILES string of the molecule is CCCCCC[N+](CCCC)(CCCCl)CCCCCC. The summed E-state index contributed by atoms with van der Waals surface area (Å²) in [5, 5.41) is 0. The fourth-order valence-corrected chi connectivity index (χ4v) is 3.43. The predicted molar refractivity (Wildman–Crippen MR) is 98.3 cm³/mol. The molecule has 1 nitrogen and oxygen atoms in total. The Labute approximate surface area is 140 Å². The van der Waals surface area contributed by atoms with Crippen LogP contribution in [0.2, 0.25) is 0 Å². The van der Waals surface area contributed by atoms with E-state index in [4.69, 9.17) is 11.6 Å². The second-order valence-corrected chi connectivity index (χ2v) is 7.13. The van der Waals surface area contributed by atoms with Gasteiger partial charge in [-0.05, 0) is 32.1 Å². The van der Waals surface area contributed by atoms with Crippen LogP contribution in [-0.4, -0.2) is 36.5 Å². The Bertz CT molecular complexity index is 184. The van der Waals surface area contributed by atoms with Gasteiger partial charge >= 0.3 is 0 Å². The lowest BCUT2D eigenvalue weighted by Gasteiger charge is -2.39. The minimum Gasteiger partial charge on any atom is -0.324 e. The molecule has 21 heavy (non-hydrogen) atoms. The second-order valence-electron chi connectivity index (χ2n) is 6.75. The summed E-state index contributed by atoms with van der Waals surface area (Å²) in [4.78, 5) is 0. The van der Waals surface area contributed by atoms with Crippen LogP contribution in [-0.2, 0) is 0 Å². The molecule has 0 aliphatic carbocycles. The van der Waals surface area contributed by atoms with Crippen LogP contribution in [0.1, 0.15) is 91.4 Å². The Morgan fingerprint density at radius 3 is 1.38 bits per heavy atom. The van der Waals surface area contributed by atoms with Gasteiger partial charge in [0, 0.05) is 12.3 Å². The molecular weight excluding hydrogens is 278 g/mol. The van der Waals surface area contributed by atoms with E-state index in [0.29, 0.717) is 0 Å². The van der Waals surface area contributed by atoms with E-state index in [1.165, 1.54) is 101 Å². The first-order valence-electron chi connectivity index (χ1n) is 9.65. The molecule has 0 aliphatic heterocycles. The zero-order valence-electron chi connectivity index (χ0n) is 15.1. The van der Waals surface area contributed by atoms with Crippen molar-refractivity contribution < 1.29 is 4.48 Å². The number of nitrogens with zero attached hydrogens (tertiary/aromatic N) is 1. The smallest absolute Gasteiger partial charge is 0.0798 e. The zero-order chi connectivity index (χ0) is 15.8. The number of rotatable bonds is 16. The van der Waals surface area contributed by atoms with Gasteiger partial charge in [0.1, 0.15) is 0 Å². The molecule has 0 fully saturated rings. The summed E-state index contributed by atoms with van der Waals surface area (Å²) in [6.07, 6.45) is 15.0. The largest absolute Gasteiger partial charge is 0.324 e. The third-order valence-corrected chi connectivity index (χ3v) is 4.99. The Morgan fingerprint density at radius 1 is 0.524 bits per heavy atom. The molecule has 0 radical (unpaired) electrons. The van der Waals surface area contributed by atoms with Gasteiger partial charge in [-0.15, -0.1) is 11.6 Å². The van der Waals surface area contributed by atoms with Crippen molar-refractivity contribution >= 4 is 11.6 Å². The number of alkyl halides is 1. The summed E-state index contributed by atoms with van der Waals surface area (Å²) < 4.78 is 1.36. The quantitative estimate of drug-likeness (QED) is 0.176. The van der Waals surface area contributed by atoms with Crippen LogP contribution in [0.25, 0.3) is 0 Å². The fourth-order valence-electron chi connectivity index (χ4n) is 3.31. The molecule has 0 bridgehead atoms. The summed E-state index contributed by atoms with van der Waals surface area (Å²) in [5.41, 5.74) is 0. The topological polar surface area (TPSA) is 0 Å². The summed E-state index contributed by atoms with van der Waals surface area (Å²) in [6, 6.07) is 0. The lowest BCUT2D eigenvalue weighted by atomic mass is 10.1. The average molecular weight is 319 g/mol. The molecule has 0 unspecified atom stereocenters. The van der Waals surface area contributed by atoms with Gasteiger partial charge in [-0.3, -0.25) is 0 Å².